The van der Waals surface area contributed by atoms with Crippen LogP contribution in [0.4, 0.5) is 8.78 Å². The summed E-state index contributed by atoms with van der Waals surface area (Å²) in [5.41, 5.74) is 0.970. The molecule has 0 aliphatic carbocycles. The first-order valence-corrected chi connectivity index (χ1v) is 5.72. The molecule has 5 heteroatoms. The third-order valence-corrected chi connectivity index (χ3v) is 2.83. The van der Waals surface area contributed by atoms with E-state index in [0.717, 1.165) is 17.7 Å². The Labute approximate surface area is 109 Å². The molecule has 3 nitrogen and oxygen atoms in total. The highest BCUT2D eigenvalue weighted by Gasteiger charge is 2.18. The Bertz CT molecular complexity index is 607. The number of nitrogens with zero attached hydrogens (tertiary/aromatic N) is 1. The number of hydrogen-bond acceptors (Lipinski definition) is 2. The molecule has 2 aromatic rings. The quantitative estimate of drug-likeness (QED) is 0.854. The number of aryl methyl sites for hydroxylation is 1. The van der Waals surface area contributed by atoms with Gasteiger partial charge in [0, 0.05) is 30.8 Å². The Hall–Kier alpha value is -2.17. The van der Waals surface area contributed by atoms with Crippen LogP contribution in [0.1, 0.15) is 21.7 Å². The Morgan fingerprint density at radius 2 is 2.05 bits per heavy atom. The lowest BCUT2D eigenvalue weighted by Crippen LogP contribution is -2.26. The first kappa shape index (κ1) is 13.3. The van der Waals surface area contributed by atoms with E-state index in [1.807, 2.05) is 0 Å². The largest absolute Gasteiger partial charge is 0.459 e. The lowest BCUT2D eigenvalue weighted by Gasteiger charge is -2.16. The zero-order chi connectivity index (χ0) is 14.0. The van der Waals surface area contributed by atoms with Crippen LogP contribution in [-0.4, -0.2) is 17.9 Å². The van der Waals surface area contributed by atoms with Crippen molar-refractivity contribution in [1.29, 1.82) is 0 Å². The van der Waals surface area contributed by atoms with Crippen molar-refractivity contribution in [3.63, 3.8) is 0 Å². The lowest BCUT2D eigenvalue weighted by molar-refractivity contribution is 0.0751. The lowest BCUT2D eigenvalue weighted by atomic mass is 10.2. The SMILES string of the molecule is Cc1ccoc1C(=O)N(C)Cc1ccc(F)cc1F. The molecule has 2 rings (SSSR count). The van der Waals surface area contributed by atoms with Crippen molar-refractivity contribution in [1.82, 2.24) is 4.90 Å². The fourth-order valence-electron chi connectivity index (χ4n) is 1.74. The van der Waals surface area contributed by atoms with Gasteiger partial charge in [-0.15, -0.1) is 0 Å². The molecule has 0 aliphatic rings. The second kappa shape index (κ2) is 5.22. The summed E-state index contributed by atoms with van der Waals surface area (Å²) in [6, 6.07) is 4.96. The summed E-state index contributed by atoms with van der Waals surface area (Å²) in [6.07, 6.45) is 1.43. The van der Waals surface area contributed by atoms with Crippen molar-refractivity contribution in [2.75, 3.05) is 7.05 Å². The molecule has 1 amide bonds. The molecule has 0 unspecified atom stereocenters. The molecular formula is C14H13F2NO2. The first-order chi connectivity index (χ1) is 8.99. The average molecular weight is 265 g/mol. The third-order valence-electron chi connectivity index (χ3n) is 2.83. The van der Waals surface area contributed by atoms with E-state index in [4.69, 9.17) is 4.42 Å². The van der Waals surface area contributed by atoms with Crippen LogP contribution in [0.3, 0.4) is 0 Å². The topological polar surface area (TPSA) is 33.5 Å². The van der Waals surface area contributed by atoms with Crippen molar-refractivity contribution in [2.45, 2.75) is 13.5 Å². The number of carbonyl (C=O) groups excluding carboxylic acids is 1. The number of benzene rings is 1. The monoisotopic (exact) mass is 265 g/mol. The zero-order valence-electron chi connectivity index (χ0n) is 10.6. The van der Waals surface area contributed by atoms with Crippen LogP contribution in [-0.2, 0) is 6.54 Å². The average Bonchev–Trinajstić information content (AvgIpc) is 2.78. The second-order valence-corrected chi connectivity index (χ2v) is 4.33. The van der Waals surface area contributed by atoms with Crippen LogP contribution in [0.2, 0.25) is 0 Å². The van der Waals surface area contributed by atoms with Gasteiger partial charge < -0.3 is 9.32 Å². The highest BCUT2D eigenvalue weighted by Crippen LogP contribution is 2.15. The highest BCUT2D eigenvalue weighted by molar-refractivity contribution is 5.92. The van der Waals surface area contributed by atoms with Crippen molar-refractivity contribution in [3.05, 3.63) is 59.1 Å². The predicted octanol–water partition coefficient (Wildman–Crippen LogP) is 3.14. The number of carbonyl (C=O) groups is 1. The van der Waals surface area contributed by atoms with E-state index in [1.165, 1.54) is 24.3 Å². The van der Waals surface area contributed by atoms with Crippen molar-refractivity contribution in [3.8, 4) is 0 Å². The molecule has 0 atom stereocenters. The minimum Gasteiger partial charge on any atom is -0.459 e. The molecule has 0 spiro atoms. The van der Waals surface area contributed by atoms with Gasteiger partial charge in [0.25, 0.3) is 5.91 Å². The van der Waals surface area contributed by atoms with E-state index in [2.05, 4.69) is 0 Å². The zero-order valence-corrected chi connectivity index (χ0v) is 10.6. The Balaban J connectivity index is 2.15. The predicted molar refractivity (Wildman–Crippen MR) is 65.6 cm³/mol. The molecule has 0 N–H and O–H groups in total. The van der Waals surface area contributed by atoms with E-state index >= 15 is 0 Å². The highest BCUT2D eigenvalue weighted by atomic mass is 19.1. The fraction of sp³-hybridized carbons (Fsp3) is 0.214. The number of amides is 1. The maximum absolute atomic E-state index is 13.5. The van der Waals surface area contributed by atoms with E-state index in [-0.39, 0.29) is 23.8 Å². The number of halogens is 2. The Morgan fingerprint density at radius 3 is 2.63 bits per heavy atom. The normalized spacial score (nSPS) is 10.5. The van der Waals surface area contributed by atoms with Gasteiger partial charge in [0.15, 0.2) is 5.76 Å². The van der Waals surface area contributed by atoms with Crippen molar-refractivity contribution < 1.29 is 18.0 Å². The molecule has 0 aliphatic heterocycles. The van der Waals surface area contributed by atoms with Gasteiger partial charge in [-0.05, 0) is 19.1 Å². The van der Waals surface area contributed by atoms with Gasteiger partial charge in [0.2, 0.25) is 0 Å². The Kier molecular flexibility index (Phi) is 3.64. The molecule has 19 heavy (non-hydrogen) atoms. The molecule has 0 saturated carbocycles. The van der Waals surface area contributed by atoms with Gasteiger partial charge in [0.05, 0.1) is 6.26 Å². The van der Waals surface area contributed by atoms with E-state index < -0.39 is 11.6 Å². The van der Waals surface area contributed by atoms with Gasteiger partial charge in [-0.3, -0.25) is 4.79 Å². The number of rotatable bonds is 3. The van der Waals surface area contributed by atoms with Gasteiger partial charge in [-0.25, -0.2) is 8.78 Å². The fourth-order valence-corrected chi connectivity index (χ4v) is 1.74. The summed E-state index contributed by atoms with van der Waals surface area (Å²) in [5.74, 6) is -1.43. The third kappa shape index (κ3) is 2.81. The molecule has 0 radical (unpaired) electrons. The van der Waals surface area contributed by atoms with Gasteiger partial charge >= 0.3 is 0 Å². The minimum atomic E-state index is -0.671. The summed E-state index contributed by atoms with van der Waals surface area (Å²) in [5, 5.41) is 0. The van der Waals surface area contributed by atoms with Crippen LogP contribution in [0.25, 0.3) is 0 Å². The summed E-state index contributed by atoms with van der Waals surface area (Å²) < 4.78 is 31.4. The van der Waals surface area contributed by atoms with Crippen LogP contribution < -0.4 is 0 Å². The second-order valence-electron chi connectivity index (χ2n) is 4.33. The van der Waals surface area contributed by atoms with Crippen molar-refractivity contribution in [2.24, 2.45) is 0 Å². The van der Waals surface area contributed by atoms with Crippen LogP contribution in [0.15, 0.2) is 34.9 Å². The smallest absolute Gasteiger partial charge is 0.289 e. The molecular weight excluding hydrogens is 252 g/mol. The standard InChI is InChI=1S/C14H13F2NO2/c1-9-5-6-19-13(9)14(18)17(2)8-10-3-4-11(15)7-12(10)16/h3-7H,8H2,1-2H3. The maximum Gasteiger partial charge on any atom is 0.289 e. The van der Waals surface area contributed by atoms with Gasteiger partial charge in [0.1, 0.15) is 11.6 Å². The molecule has 0 bridgehead atoms. The molecule has 1 heterocycles. The summed E-state index contributed by atoms with van der Waals surface area (Å²) in [7, 11) is 1.53. The summed E-state index contributed by atoms with van der Waals surface area (Å²) in [6.45, 7) is 1.80. The van der Waals surface area contributed by atoms with Crippen molar-refractivity contribution >= 4 is 5.91 Å². The van der Waals surface area contributed by atoms with Crippen LogP contribution in [0, 0.1) is 18.6 Å². The summed E-state index contributed by atoms with van der Waals surface area (Å²) >= 11 is 0. The van der Waals surface area contributed by atoms with E-state index in [0.29, 0.717) is 0 Å². The van der Waals surface area contributed by atoms with Gasteiger partial charge in [-0.1, -0.05) is 6.07 Å². The summed E-state index contributed by atoms with van der Waals surface area (Å²) in [4.78, 5) is 13.4. The van der Waals surface area contributed by atoms with Gasteiger partial charge in [-0.2, -0.15) is 0 Å². The van der Waals surface area contributed by atoms with E-state index in [1.54, 1.807) is 13.0 Å². The Morgan fingerprint density at radius 1 is 1.32 bits per heavy atom. The maximum atomic E-state index is 13.5. The minimum absolute atomic E-state index is 0.0467. The molecule has 0 saturated heterocycles. The van der Waals surface area contributed by atoms with Crippen LogP contribution in [0.5, 0.6) is 0 Å². The molecule has 1 aromatic carbocycles. The molecule has 0 fully saturated rings. The molecule has 1 aromatic heterocycles. The van der Waals surface area contributed by atoms with Crippen LogP contribution >= 0.6 is 0 Å². The molecule has 100 valence electrons. The first-order valence-electron chi connectivity index (χ1n) is 5.72. The number of furan rings is 1. The van der Waals surface area contributed by atoms with E-state index in [9.17, 15) is 13.6 Å². The number of hydrogen-bond donors (Lipinski definition) is 0.